The van der Waals surface area contributed by atoms with Crippen molar-refractivity contribution in [3.05, 3.63) is 64.1 Å². The van der Waals surface area contributed by atoms with Gasteiger partial charge in [-0.2, -0.15) is 0 Å². The van der Waals surface area contributed by atoms with E-state index in [9.17, 15) is 9.59 Å². The van der Waals surface area contributed by atoms with Gasteiger partial charge in [0.25, 0.3) is 0 Å². The first-order valence-electron chi connectivity index (χ1n) is 9.20. The number of benzene rings is 2. The Hall–Kier alpha value is -1.94. The summed E-state index contributed by atoms with van der Waals surface area (Å²) >= 11 is 3.41. The summed E-state index contributed by atoms with van der Waals surface area (Å²) in [4.78, 5) is 26.0. The molecule has 1 aliphatic heterocycles. The molecule has 4 heteroatoms. The van der Waals surface area contributed by atoms with Crippen LogP contribution in [0.3, 0.4) is 0 Å². The molecular formula is C22H21BrO3. The Morgan fingerprint density at radius 2 is 1.73 bits per heavy atom. The van der Waals surface area contributed by atoms with Crippen LogP contribution in [0, 0.1) is 5.41 Å². The minimum Gasteiger partial charge on any atom is -0.426 e. The van der Waals surface area contributed by atoms with Crippen molar-refractivity contribution in [1.29, 1.82) is 0 Å². The molecule has 1 heterocycles. The lowest BCUT2D eigenvalue weighted by Crippen LogP contribution is -2.45. The number of halogens is 1. The second-order valence-electron chi connectivity index (χ2n) is 7.33. The fourth-order valence-corrected chi connectivity index (χ4v) is 4.75. The third-order valence-electron chi connectivity index (χ3n) is 5.87. The molecule has 0 amide bonds. The van der Waals surface area contributed by atoms with E-state index in [4.69, 9.17) is 4.74 Å². The van der Waals surface area contributed by atoms with Crippen LogP contribution in [0.25, 0.3) is 0 Å². The molecule has 2 aromatic carbocycles. The van der Waals surface area contributed by atoms with E-state index in [2.05, 4.69) is 15.9 Å². The van der Waals surface area contributed by atoms with Crippen LogP contribution in [0.15, 0.2) is 53.0 Å². The molecule has 134 valence electrons. The SMILES string of the molecule is O=C(CC1c2ccccc2OC(=O)C12CCCCC2)c1ccc(Br)cc1. The van der Waals surface area contributed by atoms with Gasteiger partial charge >= 0.3 is 5.97 Å². The number of hydrogen-bond acceptors (Lipinski definition) is 3. The van der Waals surface area contributed by atoms with Gasteiger partial charge in [-0.1, -0.05) is 65.5 Å². The lowest BCUT2D eigenvalue weighted by molar-refractivity contribution is -0.152. The fourth-order valence-electron chi connectivity index (χ4n) is 4.48. The van der Waals surface area contributed by atoms with E-state index >= 15 is 0 Å². The molecule has 1 saturated carbocycles. The first-order chi connectivity index (χ1) is 12.6. The molecule has 0 saturated heterocycles. The largest absolute Gasteiger partial charge is 0.426 e. The van der Waals surface area contributed by atoms with Gasteiger partial charge in [-0.05, 0) is 36.6 Å². The number of carbonyl (C=O) groups excluding carboxylic acids is 2. The van der Waals surface area contributed by atoms with Crippen LogP contribution in [-0.2, 0) is 4.79 Å². The standard InChI is InChI=1S/C22H21BrO3/c23-16-10-8-15(9-11-16)19(24)14-18-17-6-2-3-7-20(17)26-21(25)22(18)12-4-1-5-13-22/h2-3,6-11,18H,1,4-5,12-14H2. The smallest absolute Gasteiger partial charge is 0.318 e. The molecule has 1 fully saturated rings. The topological polar surface area (TPSA) is 43.4 Å². The predicted molar refractivity (Wildman–Crippen MR) is 103 cm³/mol. The highest BCUT2D eigenvalue weighted by molar-refractivity contribution is 9.10. The number of esters is 1. The van der Waals surface area contributed by atoms with Gasteiger partial charge < -0.3 is 4.74 Å². The van der Waals surface area contributed by atoms with E-state index in [0.717, 1.165) is 42.1 Å². The van der Waals surface area contributed by atoms with Gasteiger partial charge in [0.2, 0.25) is 0 Å². The van der Waals surface area contributed by atoms with E-state index in [1.165, 1.54) is 0 Å². The van der Waals surface area contributed by atoms with Crippen LogP contribution in [0.1, 0.15) is 60.4 Å². The third kappa shape index (κ3) is 3.01. The van der Waals surface area contributed by atoms with Crippen LogP contribution in [0.5, 0.6) is 5.75 Å². The summed E-state index contributed by atoms with van der Waals surface area (Å²) < 4.78 is 6.65. The quantitative estimate of drug-likeness (QED) is 0.370. The van der Waals surface area contributed by atoms with Crippen molar-refractivity contribution in [2.45, 2.75) is 44.4 Å². The van der Waals surface area contributed by atoms with Crippen LogP contribution >= 0.6 is 15.9 Å². The predicted octanol–water partition coefficient (Wildman–Crippen LogP) is 5.68. The number of para-hydroxylation sites is 1. The van der Waals surface area contributed by atoms with E-state index in [1.54, 1.807) is 0 Å². The zero-order valence-electron chi connectivity index (χ0n) is 14.5. The normalized spacial score (nSPS) is 21.1. The lowest BCUT2D eigenvalue weighted by atomic mass is 9.61. The van der Waals surface area contributed by atoms with Crippen molar-refractivity contribution in [3.63, 3.8) is 0 Å². The molecular weight excluding hydrogens is 392 g/mol. The van der Waals surface area contributed by atoms with Gasteiger partial charge in [-0.25, -0.2) is 0 Å². The van der Waals surface area contributed by atoms with E-state index in [-0.39, 0.29) is 17.7 Å². The molecule has 3 nitrogen and oxygen atoms in total. The van der Waals surface area contributed by atoms with Gasteiger partial charge in [-0.15, -0.1) is 0 Å². The summed E-state index contributed by atoms with van der Waals surface area (Å²) in [5.41, 5.74) is 1.13. The van der Waals surface area contributed by atoms with Crippen molar-refractivity contribution in [1.82, 2.24) is 0 Å². The number of carbonyl (C=O) groups is 2. The van der Waals surface area contributed by atoms with E-state index < -0.39 is 5.41 Å². The van der Waals surface area contributed by atoms with E-state index in [1.807, 2.05) is 48.5 Å². The van der Waals surface area contributed by atoms with Gasteiger partial charge in [0.1, 0.15) is 5.75 Å². The van der Waals surface area contributed by atoms with Crippen molar-refractivity contribution < 1.29 is 14.3 Å². The van der Waals surface area contributed by atoms with Gasteiger partial charge in [0, 0.05) is 22.4 Å². The number of ether oxygens (including phenoxy) is 1. The Morgan fingerprint density at radius 1 is 1.04 bits per heavy atom. The molecule has 0 N–H and O–H groups in total. The van der Waals surface area contributed by atoms with Crippen molar-refractivity contribution in [3.8, 4) is 5.75 Å². The summed E-state index contributed by atoms with van der Waals surface area (Å²) in [5, 5.41) is 0. The number of fused-ring (bicyclic) bond motifs is 1. The average Bonchev–Trinajstić information content (AvgIpc) is 2.67. The highest BCUT2D eigenvalue weighted by Gasteiger charge is 2.52. The van der Waals surface area contributed by atoms with Crippen LogP contribution in [0.2, 0.25) is 0 Å². The van der Waals surface area contributed by atoms with Crippen LogP contribution < -0.4 is 4.74 Å². The van der Waals surface area contributed by atoms with Crippen molar-refractivity contribution in [2.24, 2.45) is 5.41 Å². The monoisotopic (exact) mass is 412 g/mol. The molecule has 1 spiro atoms. The molecule has 1 aliphatic carbocycles. The minimum absolute atomic E-state index is 0.0805. The zero-order chi connectivity index (χ0) is 18.1. The Labute approximate surface area is 161 Å². The molecule has 4 rings (SSSR count). The Morgan fingerprint density at radius 3 is 2.46 bits per heavy atom. The number of ketones is 1. The Kier molecular flexibility index (Phi) is 4.70. The molecule has 1 atom stereocenters. The van der Waals surface area contributed by atoms with Gasteiger partial charge in [0.15, 0.2) is 5.78 Å². The molecule has 0 aromatic heterocycles. The Balaban J connectivity index is 1.72. The van der Waals surface area contributed by atoms with Crippen LogP contribution in [0.4, 0.5) is 0 Å². The molecule has 1 unspecified atom stereocenters. The second kappa shape index (κ2) is 6.99. The van der Waals surface area contributed by atoms with Crippen molar-refractivity contribution in [2.75, 3.05) is 0 Å². The maximum absolute atomic E-state index is 13.0. The van der Waals surface area contributed by atoms with E-state index in [0.29, 0.717) is 17.7 Å². The summed E-state index contributed by atoms with van der Waals surface area (Å²) in [6, 6.07) is 15.1. The molecule has 26 heavy (non-hydrogen) atoms. The Bertz CT molecular complexity index is 835. The molecule has 2 aromatic rings. The van der Waals surface area contributed by atoms with Gasteiger partial charge in [0.05, 0.1) is 5.41 Å². The average molecular weight is 413 g/mol. The zero-order valence-corrected chi connectivity index (χ0v) is 16.1. The maximum Gasteiger partial charge on any atom is 0.318 e. The lowest BCUT2D eigenvalue weighted by Gasteiger charge is -2.44. The first kappa shape index (κ1) is 17.5. The number of rotatable bonds is 3. The molecule has 0 bridgehead atoms. The maximum atomic E-state index is 13.0. The number of hydrogen-bond donors (Lipinski definition) is 0. The number of Topliss-reactive ketones (excluding diaryl/α,β-unsaturated/α-hetero) is 1. The van der Waals surface area contributed by atoms with Gasteiger partial charge in [-0.3, -0.25) is 9.59 Å². The highest BCUT2D eigenvalue weighted by atomic mass is 79.9. The molecule has 2 aliphatic rings. The molecule has 0 radical (unpaired) electrons. The second-order valence-corrected chi connectivity index (χ2v) is 8.25. The summed E-state index contributed by atoms with van der Waals surface area (Å²) in [6.45, 7) is 0. The summed E-state index contributed by atoms with van der Waals surface area (Å²) in [6.07, 6.45) is 5.12. The summed E-state index contributed by atoms with van der Waals surface area (Å²) in [7, 11) is 0. The van der Waals surface area contributed by atoms with Crippen LogP contribution in [-0.4, -0.2) is 11.8 Å². The minimum atomic E-state index is -0.558. The highest BCUT2D eigenvalue weighted by Crippen LogP contribution is 2.54. The summed E-state index contributed by atoms with van der Waals surface area (Å²) in [5.74, 6) is 0.431. The van der Waals surface area contributed by atoms with Crippen molar-refractivity contribution >= 4 is 27.7 Å². The fraction of sp³-hybridized carbons (Fsp3) is 0.364. The third-order valence-corrected chi connectivity index (χ3v) is 6.40. The first-order valence-corrected chi connectivity index (χ1v) is 9.99.